The number of hydrogen-bond acceptors (Lipinski definition) is 8. The number of aryl methyl sites for hydroxylation is 2. The van der Waals surface area contributed by atoms with E-state index < -0.39 is 0 Å². The lowest BCUT2D eigenvalue weighted by atomic mass is 10.2. The van der Waals surface area contributed by atoms with Crippen LogP contribution >= 0.6 is 23.1 Å². The zero-order valence-corrected chi connectivity index (χ0v) is 15.2. The van der Waals surface area contributed by atoms with Gasteiger partial charge in [0.1, 0.15) is 11.2 Å². The first-order valence-corrected chi connectivity index (χ1v) is 9.52. The number of carbonyl (C=O) groups is 1. The fraction of sp³-hybridized carbons (Fsp3) is 0.429. The number of nitrogens with one attached hydrogen (secondary N) is 1. The standard InChI is InChI=1S/C14H15N7O2S2/c1-7-8(2)25-12-11(7)13(23)20(6-15-12)17-10(22)5-24-14-16-18-19-21(14)9-3-4-9/h6,9H,3-5H2,1-2H3,(H,17,22). The quantitative estimate of drug-likeness (QED) is 0.667. The molecule has 0 unspecified atom stereocenters. The molecule has 1 fully saturated rings. The maximum atomic E-state index is 12.6. The highest BCUT2D eigenvalue weighted by atomic mass is 32.2. The van der Waals surface area contributed by atoms with Crippen LogP contribution in [0.2, 0.25) is 0 Å². The van der Waals surface area contributed by atoms with Gasteiger partial charge < -0.3 is 0 Å². The second kappa shape index (κ2) is 6.23. The van der Waals surface area contributed by atoms with Gasteiger partial charge in [0.15, 0.2) is 0 Å². The van der Waals surface area contributed by atoms with Gasteiger partial charge in [0, 0.05) is 4.88 Å². The highest BCUT2D eigenvalue weighted by Crippen LogP contribution is 2.36. The highest BCUT2D eigenvalue weighted by molar-refractivity contribution is 7.99. The van der Waals surface area contributed by atoms with Gasteiger partial charge in [-0.05, 0) is 42.7 Å². The summed E-state index contributed by atoms with van der Waals surface area (Å²) in [4.78, 5) is 30.7. The van der Waals surface area contributed by atoms with E-state index in [9.17, 15) is 9.59 Å². The molecular weight excluding hydrogens is 362 g/mol. The zero-order chi connectivity index (χ0) is 17.6. The van der Waals surface area contributed by atoms with E-state index in [4.69, 9.17) is 0 Å². The molecule has 3 aromatic rings. The Hall–Kier alpha value is -2.27. The van der Waals surface area contributed by atoms with Crippen molar-refractivity contribution in [3.63, 3.8) is 0 Å². The minimum Gasteiger partial charge on any atom is -0.272 e. The third-order valence-corrected chi connectivity index (χ3v) is 6.07. The van der Waals surface area contributed by atoms with Crippen molar-refractivity contribution in [3.05, 3.63) is 27.1 Å². The Labute approximate surface area is 150 Å². The first-order valence-electron chi connectivity index (χ1n) is 7.72. The van der Waals surface area contributed by atoms with Crippen molar-refractivity contribution in [2.75, 3.05) is 11.2 Å². The average Bonchev–Trinajstić information content (AvgIpc) is 3.25. The lowest BCUT2D eigenvalue weighted by Gasteiger charge is -2.07. The molecule has 1 N–H and O–H groups in total. The number of aromatic nitrogens is 6. The molecule has 1 amide bonds. The van der Waals surface area contributed by atoms with Crippen molar-refractivity contribution in [1.82, 2.24) is 29.9 Å². The fourth-order valence-corrected chi connectivity index (χ4v) is 4.16. The van der Waals surface area contributed by atoms with Crippen LogP contribution in [0.5, 0.6) is 0 Å². The number of thioether (sulfide) groups is 1. The molecule has 25 heavy (non-hydrogen) atoms. The lowest BCUT2D eigenvalue weighted by Crippen LogP contribution is -2.34. The van der Waals surface area contributed by atoms with Gasteiger partial charge in [0.25, 0.3) is 5.56 Å². The highest BCUT2D eigenvalue weighted by Gasteiger charge is 2.28. The summed E-state index contributed by atoms with van der Waals surface area (Å²) in [5.74, 6) is -0.206. The van der Waals surface area contributed by atoms with Crippen LogP contribution in [0.3, 0.4) is 0 Å². The largest absolute Gasteiger partial charge is 0.281 e. The van der Waals surface area contributed by atoms with Crippen molar-refractivity contribution in [3.8, 4) is 0 Å². The second-order valence-electron chi connectivity index (χ2n) is 5.84. The molecule has 3 heterocycles. The van der Waals surface area contributed by atoms with E-state index in [2.05, 4.69) is 25.9 Å². The molecule has 0 bridgehead atoms. The van der Waals surface area contributed by atoms with Crippen LogP contribution in [0.15, 0.2) is 16.3 Å². The summed E-state index contributed by atoms with van der Waals surface area (Å²) in [5.41, 5.74) is 3.21. The number of tetrazole rings is 1. The van der Waals surface area contributed by atoms with Crippen LogP contribution in [-0.4, -0.2) is 41.5 Å². The maximum absolute atomic E-state index is 12.6. The van der Waals surface area contributed by atoms with Crippen molar-refractivity contribution >= 4 is 39.2 Å². The number of nitrogens with zero attached hydrogens (tertiary/aromatic N) is 6. The Morgan fingerprint density at radius 2 is 2.24 bits per heavy atom. The molecule has 0 saturated heterocycles. The Bertz CT molecular complexity index is 1020. The van der Waals surface area contributed by atoms with Gasteiger partial charge >= 0.3 is 0 Å². The second-order valence-corrected chi connectivity index (χ2v) is 7.99. The number of rotatable bonds is 5. The third kappa shape index (κ3) is 3.04. The van der Waals surface area contributed by atoms with Gasteiger partial charge in [-0.3, -0.25) is 15.0 Å². The topological polar surface area (TPSA) is 108 Å². The molecule has 0 aromatic carbocycles. The van der Waals surface area contributed by atoms with Crippen LogP contribution < -0.4 is 11.0 Å². The van der Waals surface area contributed by atoms with Crippen LogP contribution in [0.4, 0.5) is 0 Å². The third-order valence-electron chi connectivity index (χ3n) is 4.02. The molecule has 0 aliphatic heterocycles. The molecule has 11 heteroatoms. The SMILES string of the molecule is Cc1sc2ncn(NC(=O)CSc3nnnn3C3CC3)c(=O)c2c1C. The molecule has 0 spiro atoms. The summed E-state index contributed by atoms with van der Waals surface area (Å²) in [6.45, 7) is 3.84. The summed E-state index contributed by atoms with van der Waals surface area (Å²) in [7, 11) is 0. The summed E-state index contributed by atoms with van der Waals surface area (Å²) < 4.78 is 2.88. The molecule has 130 valence electrons. The summed E-state index contributed by atoms with van der Waals surface area (Å²) >= 11 is 2.72. The van der Waals surface area contributed by atoms with Crippen LogP contribution in [0.25, 0.3) is 10.2 Å². The van der Waals surface area contributed by atoms with Gasteiger partial charge in [0.2, 0.25) is 11.1 Å². The summed E-state index contributed by atoms with van der Waals surface area (Å²) in [6, 6.07) is 0.347. The van der Waals surface area contributed by atoms with E-state index in [1.54, 1.807) is 4.68 Å². The minimum atomic E-state index is -0.316. The van der Waals surface area contributed by atoms with Crippen molar-refractivity contribution in [2.45, 2.75) is 37.9 Å². The number of amides is 1. The van der Waals surface area contributed by atoms with Gasteiger partial charge in [-0.1, -0.05) is 11.8 Å². The number of fused-ring (bicyclic) bond motifs is 1. The first kappa shape index (κ1) is 16.2. The van der Waals surface area contributed by atoms with E-state index in [-0.39, 0.29) is 17.2 Å². The number of carbonyl (C=O) groups excluding carboxylic acids is 1. The Morgan fingerprint density at radius 1 is 1.44 bits per heavy atom. The normalized spacial score (nSPS) is 14.2. The summed E-state index contributed by atoms with van der Waals surface area (Å²) in [5, 5.41) is 12.7. The van der Waals surface area contributed by atoms with E-state index in [0.717, 1.165) is 28.0 Å². The van der Waals surface area contributed by atoms with Crippen LogP contribution in [-0.2, 0) is 4.79 Å². The Kier molecular flexibility index (Phi) is 4.04. The molecule has 1 saturated carbocycles. The van der Waals surface area contributed by atoms with E-state index in [1.165, 1.54) is 29.4 Å². The molecule has 9 nitrogen and oxygen atoms in total. The minimum absolute atomic E-state index is 0.110. The predicted molar refractivity (Wildman–Crippen MR) is 94.5 cm³/mol. The van der Waals surface area contributed by atoms with E-state index in [1.807, 2.05) is 13.8 Å². The van der Waals surface area contributed by atoms with Gasteiger partial charge in [-0.2, -0.15) is 0 Å². The Morgan fingerprint density at radius 3 is 3.00 bits per heavy atom. The van der Waals surface area contributed by atoms with Gasteiger partial charge in [0.05, 0.1) is 17.2 Å². The lowest BCUT2D eigenvalue weighted by molar-refractivity contribution is -0.114. The van der Waals surface area contributed by atoms with Crippen molar-refractivity contribution in [2.24, 2.45) is 0 Å². The van der Waals surface area contributed by atoms with Crippen molar-refractivity contribution < 1.29 is 4.79 Å². The van der Waals surface area contributed by atoms with E-state index >= 15 is 0 Å². The molecule has 1 aliphatic rings. The zero-order valence-electron chi connectivity index (χ0n) is 13.6. The van der Waals surface area contributed by atoms with Crippen LogP contribution in [0, 0.1) is 13.8 Å². The molecule has 4 rings (SSSR count). The molecule has 0 atom stereocenters. The number of hydrogen-bond donors (Lipinski definition) is 1. The molecule has 1 aliphatic carbocycles. The monoisotopic (exact) mass is 377 g/mol. The predicted octanol–water partition coefficient (Wildman–Crippen LogP) is 1.26. The molecular formula is C14H15N7O2S2. The fourth-order valence-electron chi connectivity index (χ4n) is 2.44. The average molecular weight is 377 g/mol. The number of thiophene rings is 1. The van der Waals surface area contributed by atoms with Crippen molar-refractivity contribution in [1.29, 1.82) is 0 Å². The molecule has 3 aromatic heterocycles. The van der Waals surface area contributed by atoms with Gasteiger partial charge in [-0.15, -0.1) is 16.4 Å². The summed E-state index contributed by atoms with van der Waals surface area (Å²) in [6.07, 6.45) is 3.47. The maximum Gasteiger partial charge on any atom is 0.281 e. The van der Waals surface area contributed by atoms with E-state index in [0.29, 0.717) is 21.4 Å². The Balaban J connectivity index is 1.48. The van der Waals surface area contributed by atoms with Gasteiger partial charge in [-0.25, -0.2) is 14.3 Å². The molecule has 0 radical (unpaired) electrons. The first-order chi connectivity index (χ1) is 12.0. The smallest absolute Gasteiger partial charge is 0.272 e. The van der Waals surface area contributed by atoms with Crippen LogP contribution in [0.1, 0.15) is 29.3 Å².